The van der Waals surface area contributed by atoms with E-state index in [0.717, 1.165) is 0 Å². The molecule has 0 saturated heterocycles. The number of aliphatic hydroxyl groups is 4. The van der Waals surface area contributed by atoms with Gasteiger partial charge in [-0.25, -0.2) is 0 Å². The summed E-state index contributed by atoms with van der Waals surface area (Å²) in [5.74, 6) is -0.125. The zero-order valence-corrected chi connectivity index (χ0v) is 15.2. The van der Waals surface area contributed by atoms with E-state index in [0.29, 0.717) is 0 Å². The maximum absolute atomic E-state index is 10.0. The van der Waals surface area contributed by atoms with Crippen molar-refractivity contribution in [1.82, 2.24) is 0 Å². The van der Waals surface area contributed by atoms with E-state index in [2.05, 4.69) is 0 Å². The van der Waals surface area contributed by atoms with E-state index in [1.807, 2.05) is 0 Å². The number of hydrogen-bond donors (Lipinski definition) is 4. The van der Waals surface area contributed by atoms with Crippen LogP contribution in [0.25, 0.3) is 0 Å². The monoisotopic (exact) mass is 340 g/mol. The average Bonchev–Trinajstić information content (AvgIpc) is 2.15. The molecule has 0 heterocycles. The molecular formula is C14H28O6Ti. The van der Waals surface area contributed by atoms with Gasteiger partial charge in [-0.2, -0.15) is 0 Å². The van der Waals surface area contributed by atoms with Crippen molar-refractivity contribution < 1.29 is 51.7 Å². The fourth-order valence-corrected chi connectivity index (χ4v) is 0.588. The van der Waals surface area contributed by atoms with E-state index in [4.69, 9.17) is 20.4 Å². The first-order valence-electron chi connectivity index (χ1n) is 6.06. The van der Waals surface area contributed by atoms with Crippen LogP contribution in [-0.4, -0.2) is 45.2 Å². The van der Waals surface area contributed by atoms with Crippen LogP contribution in [0, 0.1) is 0 Å². The molecule has 0 aromatic carbocycles. The van der Waals surface area contributed by atoms with E-state index in [9.17, 15) is 9.59 Å². The largest absolute Gasteiger partial charge is 0.512 e. The fraction of sp³-hybridized carbons (Fsp3) is 0.571. The number of carbonyl (C=O) groups excluding carboxylic acids is 2. The van der Waals surface area contributed by atoms with Crippen LogP contribution < -0.4 is 0 Å². The molecule has 0 aliphatic rings. The Balaban J connectivity index is -0.0000000576. The summed E-state index contributed by atoms with van der Waals surface area (Å²) in [6.45, 7) is 9.56. The van der Waals surface area contributed by atoms with Gasteiger partial charge >= 0.3 is 0 Å². The Morgan fingerprint density at radius 1 is 0.762 bits per heavy atom. The third-order valence-corrected chi connectivity index (χ3v) is 0.824. The summed E-state index contributed by atoms with van der Waals surface area (Å²) in [6.07, 6.45) is 2.33. The minimum atomic E-state index is -0.125. The quantitative estimate of drug-likeness (QED) is 0.347. The van der Waals surface area contributed by atoms with Crippen LogP contribution in [0.3, 0.4) is 0 Å². The predicted molar refractivity (Wildman–Crippen MR) is 79.7 cm³/mol. The zero-order valence-electron chi connectivity index (χ0n) is 13.7. The standard InChI is InChI=1S/2C5H8O2.2C2H6O.Ti/c2*1-4(6)3-5(2)7;2*1-2-3;/h2*3,6H,1-2H3;2*3H,2H2,1H3;. The average molecular weight is 340 g/mol. The molecule has 0 radical (unpaired) electrons. The second-order valence-corrected chi connectivity index (χ2v) is 3.43. The van der Waals surface area contributed by atoms with Crippen LogP contribution in [-0.2, 0) is 31.3 Å². The van der Waals surface area contributed by atoms with Crippen molar-refractivity contribution in [1.29, 1.82) is 0 Å². The van der Waals surface area contributed by atoms with Crippen molar-refractivity contribution in [3.05, 3.63) is 23.7 Å². The van der Waals surface area contributed by atoms with E-state index in [-0.39, 0.29) is 58.0 Å². The minimum Gasteiger partial charge on any atom is -0.512 e. The van der Waals surface area contributed by atoms with E-state index >= 15 is 0 Å². The van der Waals surface area contributed by atoms with Crippen molar-refractivity contribution in [3.63, 3.8) is 0 Å². The van der Waals surface area contributed by atoms with Gasteiger partial charge in [0.1, 0.15) is 0 Å². The summed E-state index contributed by atoms with van der Waals surface area (Å²) in [5, 5.41) is 31.9. The normalized spacial score (nSPS) is 9.33. The molecule has 7 heteroatoms. The Morgan fingerprint density at radius 2 is 0.905 bits per heavy atom. The Kier molecular flexibility index (Phi) is 41.9. The van der Waals surface area contributed by atoms with Gasteiger partial charge in [-0.15, -0.1) is 0 Å². The summed E-state index contributed by atoms with van der Waals surface area (Å²) in [4.78, 5) is 20.0. The maximum atomic E-state index is 10.0. The first-order valence-corrected chi connectivity index (χ1v) is 6.06. The number of ketones is 2. The predicted octanol–water partition coefficient (Wildman–Crippen LogP) is 2.07. The van der Waals surface area contributed by atoms with Crippen LogP contribution in [0.15, 0.2) is 23.7 Å². The summed E-state index contributed by atoms with van der Waals surface area (Å²) < 4.78 is 0. The van der Waals surface area contributed by atoms with E-state index in [1.54, 1.807) is 13.8 Å². The van der Waals surface area contributed by atoms with Crippen LogP contribution in [0.1, 0.15) is 41.5 Å². The molecule has 0 spiro atoms. The van der Waals surface area contributed by atoms with Gasteiger partial charge in [-0.3, -0.25) is 9.59 Å². The van der Waals surface area contributed by atoms with Gasteiger partial charge in [0.05, 0.1) is 11.5 Å². The molecule has 0 aromatic heterocycles. The van der Waals surface area contributed by atoms with Crippen LogP contribution in [0.5, 0.6) is 0 Å². The molecule has 21 heavy (non-hydrogen) atoms. The first kappa shape index (κ1) is 32.1. The summed E-state index contributed by atoms with van der Waals surface area (Å²) >= 11 is 0. The molecule has 0 amide bonds. The molecule has 0 fully saturated rings. The number of hydrogen-bond acceptors (Lipinski definition) is 6. The Hall–Kier alpha value is -0.946. The summed E-state index contributed by atoms with van der Waals surface area (Å²) in [5.41, 5.74) is 0. The molecule has 0 atom stereocenters. The van der Waals surface area contributed by atoms with Crippen molar-refractivity contribution in [3.8, 4) is 0 Å². The van der Waals surface area contributed by atoms with Gasteiger partial charge in [0.25, 0.3) is 0 Å². The molecule has 0 unspecified atom stereocenters. The third-order valence-electron chi connectivity index (χ3n) is 0.824. The zero-order chi connectivity index (χ0) is 17.1. The van der Waals surface area contributed by atoms with Crippen LogP contribution >= 0.6 is 0 Å². The number of rotatable bonds is 2. The second kappa shape index (κ2) is 27.4. The first-order chi connectivity index (χ1) is 9.08. The number of carbonyl (C=O) groups is 2. The van der Waals surface area contributed by atoms with Gasteiger partial charge in [-0.05, 0) is 41.5 Å². The molecule has 4 N–H and O–H groups in total. The molecule has 6 nitrogen and oxygen atoms in total. The minimum absolute atomic E-state index is 0. The third kappa shape index (κ3) is 111. The van der Waals surface area contributed by atoms with Crippen molar-refractivity contribution >= 4 is 11.6 Å². The summed E-state index contributed by atoms with van der Waals surface area (Å²) in [7, 11) is 0. The summed E-state index contributed by atoms with van der Waals surface area (Å²) in [6, 6.07) is 0. The molecule has 0 saturated carbocycles. The van der Waals surface area contributed by atoms with Gasteiger partial charge in [-0.1, -0.05) is 0 Å². The van der Waals surface area contributed by atoms with Gasteiger partial charge < -0.3 is 20.4 Å². The smallest absolute Gasteiger partial charge is 0.155 e. The second-order valence-electron chi connectivity index (χ2n) is 3.43. The van der Waals surface area contributed by atoms with E-state index < -0.39 is 0 Å². The van der Waals surface area contributed by atoms with E-state index in [1.165, 1.54) is 39.8 Å². The molecule has 0 aliphatic heterocycles. The van der Waals surface area contributed by atoms with Crippen LogP contribution in [0.2, 0.25) is 0 Å². The number of allylic oxidation sites excluding steroid dienone is 4. The molecular weight excluding hydrogens is 312 g/mol. The SMILES string of the molecule is CC(=O)C=C(C)O.CC(=O)C=C(C)O.CCO.CCO.[Ti]. The molecule has 0 bridgehead atoms. The van der Waals surface area contributed by atoms with Crippen molar-refractivity contribution in [2.45, 2.75) is 41.5 Å². The molecule has 0 rings (SSSR count). The molecule has 124 valence electrons. The van der Waals surface area contributed by atoms with Gasteiger partial charge in [0.2, 0.25) is 0 Å². The Labute approximate surface area is 142 Å². The number of aliphatic hydroxyl groups excluding tert-OH is 4. The van der Waals surface area contributed by atoms with Gasteiger partial charge in [0.15, 0.2) is 11.6 Å². The van der Waals surface area contributed by atoms with Crippen LogP contribution in [0.4, 0.5) is 0 Å². The van der Waals surface area contributed by atoms with Gasteiger partial charge in [0, 0.05) is 47.1 Å². The van der Waals surface area contributed by atoms with Crippen molar-refractivity contribution in [2.75, 3.05) is 13.2 Å². The Bertz CT molecular complexity index is 260. The van der Waals surface area contributed by atoms with Crippen molar-refractivity contribution in [2.24, 2.45) is 0 Å². The topological polar surface area (TPSA) is 115 Å². The molecule has 0 aromatic rings. The molecule has 0 aliphatic carbocycles. The Morgan fingerprint density at radius 3 is 0.905 bits per heavy atom. The fourth-order valence-electron chi connectivity index (χ4n) is 0.588. The maximum Gasteiger partial charge on any atom is 0.155 e.